The summed E-state index contributed by atoms with van der Waals surface area (Å²) in [7, 11) is 0. The van der Waals surface area contributed by atoms with E-state index in [-0.39, 0.29) is 24.0 Å². The maximum atomic E-state index is 2.30. The van der Waals surface area contributed by atoms with Crippen molar-refractivity contribution >= 4 is 22.5 Å². The summed E-state index contributed by atoms with van der Waals surface area (Å²) in [5.41, 5.74) is 4.33. The van der Waals surface area contributed by atoms with Gasteiger partial charge in [-0.1, -0.05) is 111 Å². The Bertz CT molecular complexity index is 614. The second-order valence-electron chi connectivity index (χ2n) is 6.42. The molecule has 3 aromatic rings. The van der Waals surface area contributed by atoms with E-state index in [1.165, 1.54) is 35.6 Å². The fraction of sp³-hybridized carbons (Fsp3) is 0.182. The van der Waals surface area contributed by atoms with E-state index in [2.05, 4.69) is 97.9 Å². The first-order valence-corrected chi connectivity index (χ1v) is 8.71. The molecule has 2 heteroatoms. The number of unbranched alkanes of at least 4 members (excludes halogenated alkanes) is 1. The van der Waals surface area contributed by atoms with Gasteiger partial charge in [-0.2, -0.15) is 22.7 Å². The smallest absolute Gasteiger partial charge is 0.200 e. The van der Waals surface area contributed by atoms with E-state index in [0.29, 0.717) is 0 Å². The van der Waals surface area contributed by atoms with Crippen molar-refractivity contribution in [2.45, 2.75) is 26.1 Å². The van der Waals surface area contributed by atoms with Gasteiger partial charge in [-0.3, -0.25) is 0 Å². The molecule has 0 bridgehead atoms. The Hall–Kier alpha value is -1.55. The predicted molar refractivity (Wildman–Crippen MR) is 106 cm³/mol. The molecule has 0 spiro atoms. The van der Waals surface area contributed by atoms with Crippen LogP contribution in [0.4, 0.5) is 0 Å². The van der Waals surface area contributed by atoms with Crippen molar-refractivity contribution in [3.63, 3.8) is 0 Å². The second kappa shape index (κ2) is 9.07. The van der Waals surface area contributed by atoms with Gasteiger partial charge in [0.2, 0.25) is 24.0 Å². The van der Waals surface area contributed by atoms with Crippen LogP contribution in [-0.4, -0.2) is 6.15 Å². The zero-order valence-electron chi connectivity index (χ0n) is 14.3. The zero-order valence-corrected chi connectivity index (χ0v) is 16.9. The maximum absolute atomic E-state index is 2.30. The van der Waals surface area contributed by atoms with Crippen LogP contribution in [0.1, 0.15) is 19.8 Å². The predicted octanol–water partition coefficient (Wildman–Crippen LogP) is 0.425. The van der Waals surface area contributed by atoms with Gasteiger partial charge >= 0.3 is 0 Å². The van der Waals surface area contributed by atoms with Gasteiger partial charge in [-0.15, -0.1) is 0 Å². The third-order valence-corrected chi connectivity index (χ3v) is 5.10. The minimum atomic E-state index is -0.913. The van der Waals surface area contributed by atoms with Gasteiger partial charge in [-0.25, -0.2) is 0 Å². The summed E-state index contributed by atoms with van der Waals surface area (Å²) >= 11 is 0. The van der Waals surface area contributed by atoms with Crippen molar-refractivity contribution in [3.8, 4) is 0 Å². The average molecular weight is 428 g/mol. The van der Waals surface area contributed by atoms with Gasteiger partial charge in [0.1, 0.15) is 0 Å². The Kier molecular flexibility index (Phi) is 7.10. The highest BCUT2D eigenvalue weighted by Gasteiger charge is 2.28. The number of rotatable bonds is 6. The van der Waals surface area contributed by atoms with Crippen molar-refractivity contribution in [2.75, 3.05) is 0 Å². The molecule has 3 aromatic carbocycles. The Morgan fingerprint density at radius 1 is 0.583 bits per heavy atom. The number of hydrogen-bond acceptors (Lipinski definition) is 0. The minimum absolute atomic E-state index is 0. The van der Waals surface area contributed by atoms with E-state index in [4.69, 9.17) is 0 Å². The molecule has 0 saturated heterocycles. The minimum Gasteiger partial charge on any atom is -0.200 e. The van der Waals surface area contributed by atoms with Gasteiger partial charge in [0.15, 0.2) is 0 Å². The van der Waals surface area contributed by atoms with Crippen LogP contribution in [0, 0.1) is 0 Å². The highest BCUT2D eigenvalue weighted by molar-refractivity contribution is 7.11. The summed E-state index contributed by atoms with van der Waals surface area (Å²) < 4.78 is 0. The number of hydrogen-bond donors (Lipinski definition) is 0. The number of halogens is 1. The molecule has 0 N–H and O–H groups in total. The lowest BCUT2D eigenvalue weighted by atomic mass is 9.14. The van der Waals surface area contributed by atoms with Crippen LogP contribution in [0.15, 0.2) is 91.0 Å². The van der Waals surface area contributed by atoms with Crippen LogP contribution >= 0.6 is 0 Å². The Labute approximate surface area is 163 Å². The Morgan fingerprint density at radius 3 is 1.21 bits per heavy atom. The molecule has 0 nitrogen and oxygen atoms in total. The number of benzene rings is 3. The standard InChI is InChI=1S/C22H24B.H2I/c1-2-3-19-23(20-13-7-4-8-14-20,21-15-9-5-10-16-21)22-17-11-6-12-18-22;/h4-18H,2-3,19H2,1H3;1H2/q-1;+1. The van der Waals surface area contributed by atoms with Crippen molar-refractivity contribution in [3.05, 3.63) is 91.0 Å². The fourth-order valence-corrected chi connectivity index (χ4v) is 3.93. The topological polar surface area (TPSA) is 0 Å². The summed E-state index contributed by atoms with van der Waals surface area (Å²) in [5.74, 6) is 0. The highest BCUT2D eigenvalue weighted by atomic mass is 127. The molecule has 0 aliphatic heterocycles. The van der Waals surface area contributed by atoms with Gasteiger partial charge in [0.05, 0.1) is 6.15 Å². The summed E-state index contributed by atoms with van der Waals surface area (Å²) in [6, 6.07) is 33.2. The third kappa shape index (κ3) is 3.75. The highest BCUT2D eigenvalue weighted by Crippen LogP contribution is 2.16. The summed E-state index contributed by atoms with van der Waals surface area (Å²) in [6.45, 7) is 2.28. The van der Waals surface area contributed by atoms with Crippen LogP contribution in [0.5, 0.6) is 0 Å². The monoisotopic (exact) mass is 428 g/mol. The van der Waals surface area contributed by atoms with E-state index in [1.807, 2.05) is 0 Å². The van der Waals surface area contributed by atoms with Crippen LogP contribution in [-0.2, 0) is 0 Å². The van der Waals surface area contributed by atoms with Crippen molar-refractivity contribution in [2.24, 2.45) is 0 Å². The first-order valence-electron chi connectivity index (χ1n) is 8.71. The molecule has 124 valence electrons. The molecule has 0 unspecified atom stereocenters. The first kappa shape index (κ1) is 18.8. The second-order valence-corrected chi connectivity index (χ2v) is 6.42. The Balaban J connectivity index is 0.00000208. The van der Waals surface area contributed by atoms with Gasteiger partial charge in [-0.05, 0) is 0 Å². The van der Waals surface area contributed by atoms with Crippen LogP contribution < -0.4 is 40.4 Å². The van der Waals surface area contributed by atoms with Gasteiger partial charge in [0.25, 0.3) is 0 Å². The molecule has 0 atom stereocenters. The fourth-order valence-electron chi connectivity index (χ4n) is 3.93. The lowest BCUT2D eigenvalue weighted by Crippen LogP contribution is -3.00. The lowest BCUT2D eigenvalue weighted by molar-refractivity contribution is -0.00000455. The van der Waals surface area contributed by atoms with Crippen LogP contribution in [0.25, 0.3) is 0 Å². The molecule has 0 aromatic heterocycles. The molecule has 0 fully saturated rings. The first-order chi connectivity index (χ1) is 11.4. The molecule has 0 amide bonds. The van der Waals surface area contributed by atoms with E-state index >= 15 is 0 Å². The normalized spacial score (nSPS) is 10.9. The SMILES string of the molecule is CCCC[B-](c1ccccc1)(c1ccccc1)c1ccccc1.[IH2+]. The van der Waals surface area contributed by atoms with Crippen LogP contribution in [0.2, 0.25) is 6.32 Å². The summed E-state index contributed by atoms with van der Waals surface area (Å²) in [4.78, 5) is 0. The van der Waals surface area contributed by atoms with E-state index in [1.54, 1.807) is 0 Å². The lowest BCUT2D eigenvalue weighted by Gasteiger charge is -2.43. The van der Waals surface area contributed by atoms with Crippen molar-refractivity contribution in [1.82, 2.24) is 0 Å². The van der Waals surface area contributed by atoms with E-state index in [0.717, 1.165) is 0 Å². The largest absolute Gasteiger partial charge is 0.235 e. The molecular weight excluding hydrogens is 402 g/mol. The van der Waals surface area contributed by atoms with Crippen LogP contribution in [0.3, 0.4) is 0 Å². The molecule has 24 heavy (non-hydrogen) atoms. The third-order valence-electron chi connectivity index (χ3n) is 5.10. The van der Waals surface area contributed by atoms with E-state index < -0.39 is 6.15 Å². The molecular formula is C22H26BI. The molecule has 3 rings (SSSR count). The molecule has 0 aliphatic rings. The summed E-state index contributed by atoms with van der Waals surface area (Å²) in [6.07, 6.45) is 2.73. The average Bonchev–Trinajstić information content (AvgIpc) is 2.65. The molecule has 0 saturated carbocycles. The molecule has 0 heterocycles. The molecule has 0 aliphatic carbocycles. The van der Waals surface area contributed by atoms with Gasteiger partial charge < -0.3 is 0 Å². The quantitative estimate of drug-likeness (QED) is 0.395. The zero-order chi connectivity index (χ0) is 16.0. The maximum Gasteiger partial charge on any atom is 0.235 e. The summed E-state index contributed by atoms with van der Waals surface area (Å²) in [5, 5.41) is 0. The van der Waals surface area contributed by atoms with Crippen molar-refractivity contribution < 1.29 is 24.0 Å². The molecule has 0 radical (unpaired) electrons. The van der Waals surface area contributed by atoms with E-state index in [9.17, 15) is 0 Å². The van der Waals surface area contributed by atoms with Gasteiger partial charge in [0, 0.05) is 0 Å². The Morgan fingerprint density at radius 2 is 0.917 bits per heavy atom. The van der Waals surface area contributed by atoms with Crippen molar-refractivity contribution in [1.29, 1.82) is 0 Å².